The first-order valence-electron chi connectivity index (χ1n) is 5.38. The van der Waals surface area contributed by atoms with Crippen molar-refractivity contribution < 1.29 is 14.2 Å². The first-order valence-corrected chi connectivity index (χ1v) is 5.38. The molecule has 18 heavy (non-hydrogen) atoms. The fourth-order valence-corrected chi connectivity index (χ4v) is 1.43. The SMILES string of the molecule is CCc1ncnc(Oc2cccc(O)c2N)c1F. The van der Waals surface area contributed by atoms with Gasteiger partial charge in [0.2, 0.25) is 5.82 Å². The third kappa shape index (κ3) is 2.17. The molecule has 6 heteroatoms. The van der Waals surface area contributed by atoms with Crippen molar-refractivity contribution in [2.24, 2.45) is 0 Å². The van der Waals surface area contributed by atoms with Crippen LogP contribution in [0.25, 0.3) is 0 Å². The maximum Gasteiger partial charge on any atom is 0.259 e. The van der Waals surface area contributed by atoms with Crippen LogP contribution in [0.2, 0.25) is 0 Å². The average Bonchev–Trinajstić information content (AvgIpc) is 2.37. The molecule has 0 atom stereocenters. The molecule has 0 fully saturated rings. The topological polar surface area (TPSA) is 81.3 Å². The van der Waals surface area contributed by atoms with E-state index >= 15 is 0 Å². The fourth-order valence-electron chi connectivity index (χ4n) is 1.43. The predicted molar refractivity (Wildman–Crippen MR) is 64.0 cm³/mol. The van der Waals surface area contributed by atoms with Gasteiger partial charge in [-0.25, -0.2) is 4.98 Å². The van der Waals surface area contributed by atoms with E-state index in [4.69, 9.17) is 10.5 Å². The van der Waals surface area contributed by atoms with Crippen LogP contribution >= 0.6 is 0 Å². The summed E-state index contributed by atoms with van der Waals surface area (Å²) in [7, 11) is 0. The van der Waals surface area contributed by atoms with E-state index in [2.05, 4.69) is 9.97 Å². The molecule has 0 amide bonds. The van der Waals surface area contributed by atoms with Crippen molar-refractivity contribution in [1.82, 2.24) is 9.97 Å². The van der Waals surface area contributed by atoms with Gasteiger partial charge in [-0.2, -0.15) is 9.37 Å². The lowest BCUT2D eigenvalue weighted by molar-refractivity contribution is 0.412. The number of aryl methyl sites for hydroxylation is 1. The number of hydrogen-bond donors (Lipinski definition) is 2. The molecular formula is C12H12FN3O2. The molecule has 0 unspecified atom stereocenters. The molecule has 0 radical (unpaired) electrons. The monoisotopic (exact) mass is 249 g/mol. The fraction of sp³-hybridized carbons (Fsp3) is 0.167. The van der Waals surface area contributed by atoms with Crippen molar-refractivity contribution in [3.63, 3.8) is 0 Å². The van der Waals surface area contributed by atoms with Crippen LogP contribution in [0.5, 0.6) is 17.4 Å². The minimum Gasteiger partial charge on any atom is -0.506 e. The predicted octanol–water partition coefficient (Wildman–Crippen LogP) is 2.26. The molecule has 0 saturated heterocycles. The molecule has 1 aromatic heterocycles. The number of benzene rings is 1. The van der Waals surface area contributed by atoms with E-state index < -0.39 is 5.82 Å². The van der Waals surface area contributed by atoms with Crippen LogP contribution in [0.3, 0.4) is 0 Å². The third-order valence-electron chi connectivity index (χ3n) is 2.41. The molecule has 5 nitrogen and oxygen atoms in total. The normalized spacial score (nSPS) is 10.3. The highest BCUT2D eigenvalue weighted by molar-refractivity contribution is 5.62. The quantitative estimate of drug-likeness (QED) is 0.644. The first-order chi connectivity index (χ1) is 8.63. The number of aromatic nitrogens is 2. The number of ether oxygens (including phenoxy) is 1. The van der Waals surface area contributed by atoms with Crippen LogP contribution in [0, 0.1) is 5.82 Å². The Balaban J connectivity index is 2.37. The number of aromatic hydroxyl groups is 1. The van der Waals surface area contributed by atoms with Gasteiger partial charge >= 0.3 is 0 Å². The van der Waals surface area contributed by atoms with Crippen LogP contribution in [-0.4, -0.2) is 15.1 Å². The molecule has 1 heterocycles. The number of nitrogens with two attached hydrogens (primary N) is 1. The molecule has 0 aliphatic heterocycles. The second-order valence-corrected chi connectivity index (χ2v) is 3.58. The molecule has 2 aromatic rings. The van der Waals surface area contributed by atoms with E-state index in [1.54, 1.807) is 13.0 Å². The third-order valence-corrected chi connectivity index (χ3v) is 2.41. The van der Waals surface area contributed by atoms with Crippen LogP contribution in [0.1, 0.15) is 12.6 Å². The van der Waals surface area contributed by atoms with Gasteiger partial charge in [-0.1, -0.05) is 13.0 Å². The minimum atomic E-state index is -0.622. The summed E-state index contributed by atoms with van der Waals surface area (Å²) in [4.78, 5) is 7.50. The van der Waals surface area contributed by atoms with Crippen LogP contribution in [-0.2, 0) is 6.42 Å². The smallest absolute Gasteiger partial charge is 0.259 e. The van der Waals surface area contributed by atoms with Crippen molar-refractivity contribution >= 4 is 5.69 Å². The number of para-hydroxylation sites is 1. The van der Waals surface area contributed by atoms with E-state index in [1.165, 1.54) is 18.5 Å². The molecule has 0 spiro atoms. The van der Waals surface area contributed by atoms with Gasteiger partial charge < -0.3 is 15.6 Å². The van der Waals surface area contributed by atoms with Gasteiger partial charge in [0.25, 0.3) is 5.88 Å². The zero-order valence-corrected chi connectivity index (χ0v) is 9.72. The first kappa shape index (κ1) is 12.1. The summed E-state index contributed by atoms with van der Waals surface area (Å²) >= 11 is 0. The van der Waals surface area contributed by atoms with Crippen LogP contribution < -0.4 is 10.5 Å². The zero-order valence-electron chi connectivity index (χ0n) is 9.72. The van der Waals surface area contributed by atoms with Gasteiger partial charge in [0.15, 0.2) is 5.75 Å². The maximum absolute atomic E-state index is 13.8. The summed E-state index contributed by atoms with van der Waals surface area (Å²) < 4.78 is 19.1. The highest BCUT2D eigenvalue weighted by Crippen LogP contribution is 2.33. The lowest BCUT2D eigenvalue weighted by Gasteiger charge is -2.09. The Bertz CT molecular complexity index is 575. The van der Waals surface area contributed by atoms with Gasteiger partial charge in [-0.15, -0.1) is 0 Å². The van der Waals surface area contributed by atoms with Gasteiger partial charge in [0.1, 0.15) is 17.8 Å². The second-order valence-electron chi connectivity index (χ2n) is 3.58. The standard InChI is InChI=1S/C12H12FN3O2/c1-2-7-10(13)12(16-6-15-7)18-9-5-3-4-8(17)11(9)14/h3-6,17H,2,14H2,1H3. The zero-order chi connectivity index (χ0) is 13.1. The van der Waals surface area contributed by atoms with Crippen molar-refractivity contribution in [2.45, 2.75) is 13.3 Å². The number of hydrogen-bond acceptors (Lipinski definition) is 5. The van der Waals surface area contributed by atoms with Gasteiger partial charge in [0.05, 0.1) is 5.69 Å². The van der Waals surface area contributed by atoms with E-state index in [-0.39, 0.29) is 28.8 Å². The number of phenolic OH excluding ortho intramolecular Hbond substituents is 1. The lowest BCUT2D eigenvalue weighted by Crippen LogP contribution is -2.00. The van der Waals surface area contributed by atoms with Crippen molar-refractivity contribution in [3.05, 3.63) is 36.0 Å². The number of nitrogens with zero attached hydrogens (tertiary/aromatic N) is 2. The maximum atomic E-state index is 13.8. The number of anilines is 1. The van der Waals surface area contributed by atoms with Crippen molar-refractivity contribution in [1.29, 1.82) is 0 Å². The summed E-state index contributed by atoms with van der Waals surface area (Å²) in [6, 6.07) is 4.47. The summed E-state index contributed by atoms with van der Waals surface area (Å²) in [5, 5.41) is 9.42. The molecule has 94 valence electrons. The summed E-state index contributed by atoms with van der Waals surface area (Å²) in [6.45, 7) is 1.78. The Morgan fingerprint density at radius 3 is 2.89 bits per heavy atom. The highest BCUT2D eigenvalue weighted by atomic mass is 19.1. The Labute approximate surface area is 103 Å². The molecule has 0 aliphatic rings. The number of nitrogen functional groups attached to an aromatic ring is 1. The number of phenols is 1. The minimum absolute atomic E-state index is 0.0357. The average molecular weight is 249 g/mol. The van der Waals surface area contributed by atoms with Crippen LogP contribution in [0.15, 0.2) is 24.5 Å². The molecule has 0 saturated carbocycles. The molecule has 3 N–H and O–H groups in total. The number of halogens is 1. The second kappa shape index (κ2) is 4.87. The van der Waals surface area contributed by atoms with E-state index in [0.717, 1.165) is 0 Å². The van der Waals surface area contributed by atoms with Gasteiger partial charge in [-0.05, 0) is 18.6 Å². The Morgan fingerprint density at radius 2 is 2.17 bits per heavy atom. The molecule has 0 bridgehead atoms. The Hall–Kier alpha value is -2.37. The molecule has 1 aromatic carbocycles. The largest absolute Gasteiger partial charge is 0.506 e. The highest BCUT2D eigenvalue weighted by Gasteiger charge is 2.14. The summed E-state index contributed by atoms with van der Waals surface area (Å²) in [5.41, 5.74) is 5.91. The van der Waals surface area contributed by atoms with Gasteiger partial charge in [-0.3, -0.25) is 0 Å². The summed E-state index contributed by atoms with van der Waals surface area (Å²) in [6.07, 6.45) is 1.65. The number of rotatable bonds is 3. The molecule has 2 rings (SSSR count). The lowest BCUT2D eigenvalue weighted by atomic mass is 10.2. The van der Waals surface area contributed by atoms with Crippen molar-refractivity contribution in [3.8, 4) is 17.4 Å². The molecular weight excluding hydrogens is 237 g/mol. The van der Waals surface area contributed by atoms with E-state index in [0.29, 0.717) is 6.42 Å². The van der Waals surface area contributed by atoms with E-state index in [1.807, 2.05) is 0 Å². The Kier molecular flexibility index (Phi) is 3.27. The van der Waals surface area contributed by atoms with E-state index in [9.17, 15) is 9.50 Å². The van der Waals surface area contributed by atoms with Crippen molar-refractivity contribution in [2.75, 3.05) is 5.73 Å². The van der Waals surface area contributed by atoms with Gasteiger partial charge in [0, 0.05) is 0 Å². The van der Waals surface area contributed by atoms with Crippen LogP contribution in [0.4, 0.5) is 10.1 Å². The summed E-state index contributed by atoms with van der Waals surface area (Å²) in [5.74, 6) is -0.811. The Morgan fingerprint density at radius 1 is 1.39 bits per heavy atom. The molecule has 0 aliphatic carbocycles.